The third-order valence-electron chi connectivity index (χ3n) is 3.60. The Hall–Kier alpha value is -0.170. The van der Waals surface area contributed by atoms with Gasteiger partial charge in [0.15, 0.2) is 0 Å². The summed E-state index contributed by atoms with van der Waals surface area (Å²) in [5, 5.41) is 3.29. The van der Waals surface area contributed by atoms with E-state index >= 15 is 0 Å². The van der Waals surface area contributed by atoms with E-state index in [1.807, 2.05) is 0 Å². The fraction of sp³-hybridized carbons (Fsp3) is 1.00. The van der Waals surface area contributed by atoms with E-state index in [0.29, 0.717) is 18.6 Å². The summed E-state index contributed by atoms with van der Waals surface area (Å²) in [5.41, 5.74) is 0. The van der Waals surface area contributed by atoms with Crippen molar-refractivity contribution in [2.24, 2.45) is 0 Å². The molecule has 0 amide bonds. The molecule has 0 aromatic carbocycles. The minimum atomic E-state index is -3.10. The van der Waals surface area contributed by atoms with Crippen molar-refractivity contribution in [2.45, 2.75) is 51.6 Å². The molecule has 0 aliphatic carbocycles. The van der Waals surface area contributed by atoms with Crippen LogP contribution in [-0.2, 0) is 10.0 Å². The highest BCUT2D eigenvalue weighted by molar-refractivity contribution is 7.89. The Bertz CT molecular complexity index is 344. The van der Waals surface area contributed by atoms with Crippen LogP contribution in [0.1, 0.15) is 39.5 Å². The molecule has 0 aromatic rings. The lowest BCUT2D eigenvalue weighted by molar-refractivity contribution is 0.311. The second kappa shape index (κ2) is 8.19. The number of rotatable bonds is 9. The highest BCUT2D eigenvalue weighted by atomic mass is 32.2. The van der Waals surface area contributed by atoms with E-state index in [2.05, 4.69) is 35.8 Å². The van der Waals surface area contributed by atoms with Crippen LogP contribution in [0, 0.1) is 0 Å². The molecule has 19 heavy (non-hydrogen) atoms. The summed E-state index contributed by atoms with van der Waals surface area (Å²) in [5.74, 6) is 0.239. The molecule has 1 unspecified atom stereocenters. The second-order valence-electron chi connectivity index (χ2n) is 5.76. The van der Waals surface area contributed by atoms with Gasteiger partial charge in [-0.1, -0.05) is 13.8 Å². The van der Waals surface area contributed by atoms with E-state index < -0.39 is 10.0 Å². The molecule has 1 aliphatic heterocycles. The molecule has 0 spiro atoms. The Morgan fingerprint density at radius 2 is 2.05 bits per heavy atom. The second-order valence-corrected chi connectivity index (χ2v) is 7.69. The maximum Gasteiger partial charge on any atom is 0.211 e. The number of nitrogens with one attached hydrogen (secondary N) is 2. The first-order chi connectivity index (χ1) is 8.91. The van der Waals surface area contributed by atoms with Crippen LogP contribution in [0.3, 0.4) is 0 Å². The van der Waals surface area contributed by atoms with Gasteiger partial charge in [-0.15, -0.1) is 0 Å². The Morgan fingerprint density at radius 1 is 1.32 bits per heavy atom. The first-order valence-corrected chi connectivity index (χ1v) is 8.97. The summed E-state index contributed by atoms with van der Waals surface area (Å²) in [7, 11) is -1.04. The van der Waals surface area contributed by atoms with Crippen molar-refractivity contribution in [3.8, 4) is 0 Å². The number of unbranched alkanes of at least 4 members (excludes halogenated alkanes) is 1. The number of hydrogen-bond donors (Lipinski definition) is 2. The highest BCUT2D eigenvalue weighted by Gasteiger charge is 2.22. The zero-order valence-electron chi connectivity index (χ0n) is 12.5. The fourth-order valence-electron chi connectivity index (χ4n) is 2.34. The number of nitrogens with zero attached hydrogens (tertiary/aromatic N) is 1. The Labute approximate surface area is 118 Å². The summed E-state index contributed by atoms with van der Waals surface area (Å²) in [6, 6.07) is 0.838. The summed E-state index contributed by atoms with van der Waals surface area (Å²) in [4.78, 5) is 2.23. The molecule has 0 aromatic heterocycles. The van der Waals surface area contributed by atoms with E-state index in [9.17, 15) is 8.42 Å². The van der Waals surface area contributed by atoms with Gasteiger partial charge in [-0.2, -0.15) is 0 Å². The molecule has 1 atom stereocenters. The topological polar surface area (TPSA) is 61.4 Å². The number of likely N-dealkylation sites (tertiary alicyclic amines) is 1. The average molecular weight is 291 g/mol. The zero-order valence-corrected chi connectivity index (χ0v) is 13.3. The van der Waals surface area contributed by atoms with Crippen LogP contribution in [0.2, 0.25) is 0 Å². The average Bonchev–Trinajstić information content (AvgIpc) is 2.71. The molecule has 1 heterocycles. The van der Waals surface area contributed by atoms with Gasteiger partial charge in [0, 0.05) is 18.6 Å². The number of sulfonamides is 1. The molecule has 5 nitrogen and oxygen atoms in total. The minimum absolute atomic E-state index is 0.239. The van der Waals surface area contributed by atoms with E-state index in [4.69, 9.17) is 0 Å². The minimum Gasteiger partial charge on any atom is -0.315 e. The van der Waals surface area contributed by atoms with Crippen LogP contribution in [-0.4, -0.2) is 57.8 Å². The van der Waals surface area contributed by atoms with Crippen LogP contribution in [0.15, 0.2) is 0 Å². The van der Waals surface area contributed by atoms with Gasteiger partial charge in [0.1, 0.15) is 0 Å². The van der Waals surface area contributed by atoms with Crippen LogP contribution < -0.4 is 10.0 Å². The summed E-state index contributed by atoms with van der Waals surface area (Å²) < 4.78 is 26.4. The lowest BCUT2D eigenvalue weighted by Crippen LogP contribution is -2.39. The maximum absolute atomic E-state index is 11.8. The molecular weight excluding hydrogens is 262 g/mol. The lowest BCUT2D eigenvalue weighted by Gasteiger charge is -2.19. The standard InChI is InChI=1S/C13H29N3O2S/c1-12(2)14-8-4-5-10-19(17,18)15-11-13-7-6-9-16(13)3/h12-15H,4-11H2,1-3H3. The van der Waals surface area contributed by atoms with E-state index in [1.165, 1.54) is 6.42 Å². The van der Waals surface area contributed by atoms with Gasteiger partial charge >= 0.3 is 0 Å². The summed E-state index contributed by atoms with van der Waals surface area (Å²) in [6.45, 7) is 6.71. The lowest BCUT2D eigenvalue weighted by atomic mass is 10.2. The van der Waals surface area contributed by atoms with E-state index in [0.717, 1.165) is 32.4 Å². The quantitative estimate of drug-likeness (QED) is 0.616. The van der Waals surface area contributed by atoms with E-state index in [-0.39, 0.29) is 5.75 Å². The van der Waals surface area contributed by atoms with Crippen LogP contribution in [0.4, 0.5) is 0 Å². The molecule has 0 bridgehead atoms. The fourth-order valence-corrected chi connectivity index (χ4v) is 3.52. The zero-order chi connectivity index (χ0) is 14.3. The summed E-state index contributed by atoms with van der Waals surface area (Å²) >= 11 is 0. The molecule has 2 N–H and O–H groups in total. The summed E-state index contributed by atoms with van der Waals surface area (Å²) in [6.07, 6.45) is 3.89. The molecule has 0 saturated carbocycles. The van der Waals surface area contributed by atoms with Crippen molar-refractivity contribution >= 4 is 10.0 Å². The molecular formula is C13H29N3O2S. The third-order valence-corrected chi connectivity index (χ3v) is 5.04. The normalized spacial score (nSPS) is 21.4. The predicted octanol–water partition coefficient (Wildman–Crippen LogP) is 0.778. The van der Waals surface area contributed by atoms with Gasteiger partial charge < -0.3 is 10.2 Å². The molecule has 0 radical (unpaired) electrons. The Morgan fingerprint density at radius 3 is 2.63 bits per heavy atom. The van der Waals surface area contributed by atoms with Crippen LogP contribution in [0.25, 0.3) is 0 Å². The number of hydrogen-bond acceptors (Lipinski definition) is 4. The highest BCUT2D eigenvalue weighted by Crippen LogP contribution is 2.13. The smallest absolute Gasteiger partial charge is 0.211 e. The largest absolute Gasteiger partial charge is 0.315 e. The van der Waals surface area contributed by atoms with Gasteiger partial charge in [-0.05, 0) is 45.8 Å². The molecule has 1 aliphatic rings. The van der Waals surface area contributed by atoms with Gasteiger partial charge in [-0.3, -0.25) is 0 Å². The predicted molar refractivity (Wildman–Crippen MR) is 79.8 cm³/mol. The monoisotopic (exact) mass is 291 g/mol. The van der Waals surface area contributed by atoms with Crippen molar-refractivity contribution in [2.75, 3.05) is 32.4 Å². The molecule has 1 fully saturated rings. The van der Waals surface area contributed by atoms with Crippen molar-refractivity contribution in [1.82, 2.24) is 14.9 Å². The first kappa shape index (κ1) is 16.9. The van der Waals surface area contributed by atoms with Gasteiger partial charge in [-0.25, -0.2) is 13.1 Å². The van der Waals surface area contributed by atoms with Crippen molar-refractivity contribution in [1.29, 1.82) is 0 Å². The van der Waals surface area contributed by atoms with Gasteiger partial charge in [0.2, 0.25) is 10.0 Å². The first-order valence-electron chi connectivity index (χ1n) is 7.31. The maximum atomic E-state index is 11.8. The van der Waals surface area contributed by atoms with Gasteiger partial charge in [0.25, 0.3) is 0 Å². The van der Waals surface area contributed by atoms with Crippen molar-refractivity contribution in [3.63, 3.8) is 0 Å². The Balaban J connectivity index is 2.13. The van der Waals surface area contributed by atoms with Crippen LogP contribution in [0.5, 0.6) is 0 Å². The molecule has 1 saturated heterocycles. The van der Waals surface area contributed by atoms with Crippen molar-refractivity contribution < 1.29 is 8.42 Å². The SMILES string of the molecule is CC(C)NCCCCS(=O)(=O)NCC1CCCN1C. The number of likely N-dealkylation sites (N-methyl/N-ethyl adjacent to an activating group) is 1. The molecule has 6 heteroatoms. The molecule has 114 valence electrons. The van der Waals surface area contributed by atoms with Crippen LogP contribution >= 0.6 is 0 Å². The van der Waals surface area contributed by atoms with Crippen molar-refractivity contribution in [3.05, 3.63) is 0 Å². The van der Waals surface area contributed by atoms with E-state index in [1.54, 1.807) is 0 Å². The third kappa shape index (κ3) is 7.25. The molecule has 1 rings (SSSR count). The van der Waals surface area contributed by atoms with Gasteiger partial charge in [0.05, 0.1) is 5.75 Å². The Kier molecular flexibility index (Phi) is 7.28.